The second kappa shape index (κ2) is 6.78. The summed E-state index contributed by atoms with van der Waals surface area (Å²) in [6.07, 6.45) is 0.0759. The number of esters is 1. The first-order valence-corrected chi connectivity index (χ1v) is 8.09. The summed E-state index contributed by atoms with van der Waals surface area (Å²) in [4.78, 5) is 10.9. The average molecular weight is 338 g/mol. The Bertz CT molecular complexity index is 813. The van der Waals surface area contributed by atoms with Gasteiger partial charge in [0.05, 0.1) is 13.5 Å². The number of carbonyl (C=O) groups excluding carboxylic acids is 1. The van der Waals surface area contributed by atoms with Crippen LogP contribution in [0.4, 0.5) is 4.39 Å². The Hall–Kier alpha value is -2.41. The van der Waals surface area contributed by atoms with Crippen LogP contribution in [0, 0.1) is 12.7 Å². The highest BCUT2D eigenvalue weighted by molar-refractivity contribution is 7.87. The average Bonchev–Trinajstić information content (AvgIpc) is 2.51. The predicted octanol–water partition coefficient (Wildman–Crippen LogP) is 2.62. The molecule has 2 rings (SSSR count). The lowest BCUT2D eigenvalue weighted by Crippen LogP contribution is -2.12. The molecule has 0 bridgehead atoms. The number of methoxy groups -OCH3 is 1. The van der Waals surface area contributed by atoms with Crippen LogP contribution in [-0.2, 0) is 26.1 Å². The van der Waals surface area contributed by atoms with E-state index in [0.29, 0.717) is 11.1 Å². The van der Waals surface area contributed by atoms with Gasteiger partial charge in [-0.1, -0.05) is 18.2 Å². The molecule has 0 aromatic heterocycles. The molecular weight excluding hydrogens is 323 g/mol. The van der Waals surface area contributed by atoms with Crippen molar-refractivity contribution in [2.75, 3.05) is 7.11 Å². The topological polar surface area (TPSA) is 69.7 Å². The highest BCUT2D eigenvalue weighted by atomic mass is 32.2. The quantitative estimate of drug-likeness (QED) is 0.619. The summed E-state index contributed by atoms with van der Waals surface area (Å²) in [5.41, 5.74) is 1.04. The number of ether oxygens (including phenoxy) is 1. The Morgan fingerprint density at radius 2 is 1.78 bits per heavy atom. The molecule has 0 amide bonds. The summed E-state index contributed by atoms with van der Waals surface area (Å²) < 4.78 is 47.2. The molecule has 0 aliphatic heterocycles. The summed E-state index contributed by atoms with van der Waals surface area (Å²) in [5, 5.41) is 0. The van der Waals surface area contributed by atoms with Crippen molar-refractivity contribution in [2.45, 2.75) is 18.2 Å². The molecule has 0 heterocycles. The van der Waals surface area contributed by atoms with E-state index in [9.17, 15) is 17.6 Å². The summed E-state index contributed by atoms with van der Waals surface area (Å²) in [6.45, 7) is 1.55. The molecule has 23 heavy (non-hydrogen) atoms. The minimum absolute atomic E-state index is 0.0716. The van der Waals surface area contributed by atoms with Crippen molar-refractivity contribution in [3.63, 3.8) is 0 Å². The van der Waals surface area contributed by atoms with Crippen molar-refractivity contribution in [1.82, 2.24) is 0 Å². The molecule has 0 N–H and O–H groups in total. The summed E-state index contributed by atoms with van der Waals surface area (Å²) in [7, 11) is -2.85. The molecule has 0 radical (unpaired) electrons. The van der Waals surface area contributed by atoms with Crippen LogP contribution >= 0.6 is 0 Å². The Kier molecular flexibility index (Phi) is 5.00. The zero-order chi connectivity index (χ0) is 17.0. The van der Waals surface area contributed by atoms with Gasteiger partial charge in [-0.15, -0.1) is 0 Å². The van der Waals surface area contributed by atoms with Crippen LogP contribution in [0.1, 0.15) is 11.1 Å². The molecule has 2 aromatic carbocycles. The smallest absolute Gasteiger partial charge is 0.339 e. The number of rotatable bonds is 5. The van der Waals surface area contributed by atoms with E-state index >= 15 is 0 Å². The molecule has 0 saturated carbocycles. The van der Waals surface area contributed by atoms with Gasteiger partial charge >= 0.3 is 16.1 Å². The maximum Gasteiger partial charge on any atom is 0.339 e. The van der Waals surface area contributed by atoms with E-state index in [-0.39, 0.29) is 17.1 Å². The first-order chi connectivity index (χ1) is 10.8. The fraction of sp³-hybridized carbons (Fsp3) is 0.188. The van der Waals surface area contributed by atoms with Crippen LogP contribution in [0.15, 0.2) is 47.4 Å². The van der Waals surface area contributed by atoms with E-state index in [4.69, 9.17) is 4.18 Å². The van der Waals surface area contributed by atoms with E-state index in [1.54, 1.807) is 19.1 Å². The molecule has 0 unspecified atom stereocenters. The normalized spacial score (nSPS) is 11.1. The second-order valence-corrected chi connectivity index (χ2v) is 6.36. The van der Waals surface area contributed by atoms with Gasteiger partial charge in [-0.2, -0.15) is 8.42 Å². The standard InChI is InChI=1S/C16H15FO5S/c1-11-3-6-13(17)10-15(11)23(19,20)22-14-7-4-12(5-8-14)9-16(18)21-2/h3-8,10H,9H2,1-2H3. The summed E-state index contributed by atoms with van der Waals surface area (Å²) in [5.74, 6) is -0.991. The molecule has 0 saturated heterocycles. The third-order valence-corrected chi connectivity index (χ3v) is 4.52. The number of carbonyl (C=O) groups is 1. The molecule has 2 aromatic rings. The van der Waals surface area contributed by atoms with Crippen LogP contribution in [0.2, 0.25) is 0 Å². The zero-order valence-corrected chi connectivity index (χ0v) is 13.4. The molecule has 5 nitrogen and oxygen atoms in total. The minimum Gasteiger partial charge on any atom is -0.469 e. The minimum atomic E-state index is -4.14. The highest BCUT2D eigenvalue weighted by Gasteiger charge is 2.20. The van der Waals surface area contributed by atoms with Crippen molar-refractivity contribution in [1.29, 1.82) is 0 Å². The van der Waals surface area contributed by atoms with Crippen LogP contribution in [0.3, 0.4) is 0 Å². The van der Waals surface area contributed by atoms with E-state index in [1.165, 1.54) is 31.4 Å². The van der Waals surface area contributed by atoms with Gasteiger partial charge in [0.25, 0.3) is 0 Å². The number of hydrogen-bond donors (Lipinski definition) is 0. The van der Waals surface area contributed by atoms with E-state index in [2.05, 4.69) is 4.74 Å². The number of aryl methyl sites for hydroxylation is 1. The molecule has 0 fully saturated rings. The Labute approximate surface area is 133 Å². The fourth-order valence-corrected chi connectivity index (χ4v) is 3.09. The largest absolute Gasteiger partial charge is 0.469 e. The Balaban J connectivity index is 2.20. The van der Waals surface area contributed by atoms with Gasteiger partial charge in [0.15, 0.2) is 0 Å². The molecular formula is C16H15FO5S. The Morgan fingerprint density at radius 1 is 1.13 bits per heavy atom. The highest BCUT2D eigenvalue weighted by Crippen LogP contribution is 2.22. The van der Waals surface area contributed by atoms with E-state index < -0.39 is 21.9 Å². The third-order valence-electron chi connectivity index (χ3n) is 3.12. The third kappa shape index (κ3) is 4.29. The van der Waals surface area contributed by atoms with Gasteiger partial charge < -0.3 is 8.92 Å². The Morgan fingerprint density at radius 3 is 2.39 bits per heavy atom. The number of hydrogen-bond acceptors (Lipinski definition) is 5. The van der Waals surface area contributed by atoms with Crippen molar-refractivity contribution >= 4 is 16.1 Å². The van der Waals surface area contributed by atoms with Gasteiger partial charge in [-0.3, -0.25) is 4.79 Å². The molecule has 0 atom stereocenters. The van der Waals surface area contributed by atoms with Crippen LogP contribution < -0.4 is 4.18 Å². The lowest BCUT2D eigenvalue weighted by molar-refractivity contribution is -0.139. The van der Waals surface area contributed by atoms with E-state index in [1.807, 2.05) is 0 Å². The van der Waals surface area contributed by atoms with E-state index in [0.717, 1.165) is 6.07 Å². The lowest BCUT2D eigenvalue weighted by atomic mass is 10.1. The lowest BCUT2D eigenvalue weighted by Gasteiger charge is -2.10. The maximum atomic E-state index is 13.3. The van der Waals surface area contributed by atoms with Crippen molar-refractivity contribution in [2.24, 2.45) is 0 Å². The van der Waals surface area contributed by atoms with Crippen molar-refractivity contribution in [3.05, 3.63) is 59.4 Å². The van der Waals surface area contributed by atoms with Crippen molar-refractivity contribution < 1.29 is 26.5 Å². The van der Waals surface area contributed by atoms with Crippen molar-refractivity contribution in [3.8, 4) is 5.75 Å². The summed E-state index contributed by atoms with van der Waals surface area (Å²) >= 11 is 0. The van der Waals surface area contributed by atoms with Crippen LogP contribution in [0.25, 0.3) is 0 Å². The molecule has 122 valence electrons. The van der Waals surface area contributed by atoms with Gasteiger partial charge in [-0.05, 0) is 42.3 Å². The summed E-state index contributed by atoms with van der Waals surface area (Å²) in [6, 6.07) is 9.41. The van der Waals surface area contributed by atoms with Gasteiger partial charge in [0.1, 0.15) is 16.5 Å². The number of halogens is 1. The van der Waals surface area contributed by atoms with Gasteiger partial charge in [0, 0.05) is 0 Å². The molecule has 0 spiro atoms. The van der Waals surface area contributed by atoms with Gasteiger partial charge in [0.2, 0.25) is 0 Å². The fourth-order valence-electron chi connectivity index (χ4n) is 1.92. The van der Waals surface area contributed by atoms with Gasteiger partial charge in [-0.25, -0.2) is 4.39 Å². The first-order valence-electron chi connectivity index (χ1n) is 6.68. The van der Waals surface area contributed by atoms with Crippen LogP contribution in [-0.4, -0.2) is 21.5 Å². The molecule has 7 heteroatoms. The second-order valence-electron chi connectivity index (χ2n) is 4.84. The number of benzene rings is 2. The molecule has 0 aliphatic carbocycles. The SMILES string of the molecule is COC(=O)Cc1ccc(OS(=O)(=O)c2cc(F)ccc2C)cc1. The zero-order valence-electron chi connectivity index (χ0n) is 12.6. The first kappa shape index (κ1) is 17.0. The monoisotopic (exact) mass is 338 g/mol. The predicted molar refractivity (Wildman–Crippen MR) is 81.1 cm³/mol. The van der Waals surface area contributed by atoms with Crippen LogP contribution in [0.5, 0.6) is 5.75 Å². The maximum absolute atomic E-state index is 13.3. The molecule has 0 aliphatic rings.